The SMILES string of the molecule is Cc1cccc(C)c1OCCn1ccnc1. The van der Waals surface area contributed by atoms with Gasteiger partial charge in [-0.25, -0.2) is 4.98 Å². The molecule has 0 fully saturated rings. The summed E-state index contributed by atoms with van der Waals surface area (Å²) >= 11 is 0. The highest BCUT2D eigenvalue weighted by molar-refractivity contribution is 5.39. The van der Waals surface area contributed by atoms with Crippen LogP contribution in [-0.4, -0.2) is 16.2 Å². The fourth-order valence-electron chi connectivity index (χ4n) is 1.70. The maximum Gasteiger partial charge on any atom is 0.125 e. The van der Waals surface area contributed by atoms with E-state index < -0.39 is 0 Å². The van der Waals surface area contributed by atoms with Crippen LogP contribution < -0.4 is 4.74 Å². The molecular weight excluding hydrogens is 200 g/mol. The van der Waals surface area contributed by atoms with E-state index in [1.807, 2.05) is 16.8 Å². The summed E-state index contributed by atoms with van der Waals surface area (Å²) in [6.07, 6.45) is 5.52. The Balaban J connectivity index is 1.95. The first-order valence-electron chi connectivity index (χ1n) is 5.42. The average Bonchev–Trinajstić information content (AvgIpc) is 2.75. The number of aromatic nitrogens is 2. The summed E-state index contributed by atoms with van der Waals surface area (Å²) in [7, 11) is 0. The van der Waals surface area contributed by atoms with E-state index >= 15 is 0 Å². The molecule has 0 aliphatic rings. The molecule has 1 aromatic heterocycles. The highest BCUT2D eigenvalue weighted by atomic mass is 16.5. The lowest BCUT2D eigenvalue weighted by atomic mass is 10.1. The van der Waals surface area contributed by atoms with Crippen molar-refractivity contribution in [2.24, 2.45) is 0 Å². The highest BCUT2D eigenvalue weighted by Crippen LogP contribution is 2.22. The molecule has 0 N–H and O–H groups in total. The predicted octanol–water partition coefficient (Wildman–Crippen LogP) is 2.58. The smallest absolute Gasteiger partial charge is 0.125 e. The average molecular weight is 216 g/mol. The zero-order chi connectivity index (χ0) is 11.4. The van der Waals surface area contributed by atoms with Crippen molar-refractivity contribution in [1.29, 1.82) is 0 Å². The van der Waals surface area contributed by atoms with Crippen LogP contribution in [0, 0.1) is 13.8 Å². The Morgan fingerprint density at radius 3 is 2.62 bits per heavy atom. The van der Waals surface area contributed by atoms with Crippen molar-refractivity contribution in [1.82, 2.24) is 9.55 Å². The molecule has 0 atom stereocenters. The normalized spacial score (nSPS) is 10.4. The first-order valence-corrected chi connectivity index (χ1v) is 5.42. The lowest BCUT2D eigenvalue weighted by Gasteiger charge is -2.11. The van der Waals surface area contributed by atoms with E-state index in [4.69, 9.17) is 4.74 Å². The Morgan fingerprint density at radius 1 is 1.25 bits per heavy atom. The molecule has 2 aromatic rings. The number of hydrogen-bond acceptors (Lipinski definition) is 2. The van der Waals surface area contributed by atoms with Crippen LogP contribution in [-0.2, 0) is 6.54 Å². The first-order chi connectivity index (χ1) is 7.77. The number of rotatable bonds is 4. The van der Waals surface area contributed by atoms with E-state index in [0.717, 1.165) is 12.3 Å². The Kier molecular flexibility index (Phi) is 3.25. The minimum atomic E-state index is 0.669. The van der Waals surface area contributed by atoms with Crippen molar-refractivity contribution in [2.75, 3.05) is 6.61 Å². The van der Waals surface area contributed by atoms with Gasteiger partial charge >= 0.3 is 0 Å². The molecule has 3 heteroatoms. The topological polar surface area (TPSA) is 27.1 Å². The molecule has 0 saturated carbocycles. The van der Waals surface area contributed by atoms with Crippen molar-refractivity contribution >= 4 is 0 Å². The molecular formula is C13H16N2O. The van der Waals surface area contributed by atoms with Gasteiger partial charge in [0, 0.05) is 12.4 Å². The number of benzene rings is 1. The maximum atomic E-state index is 5.79. The van der Waals surface area contributed by atoms with Crippen molar-refractivity contribution in [3.8, 4) is 5.75 Å². The van der Waals surface area contributed by atoms with Crippen molar-refractivity contribution in [3.63, 3.8) is 0 Å². The van der Waals surface area contributed by atoms with Crippen LogP contribution in [0.25, 0.3) is 0 Å². The molecule has 16 heavy (non-hydrogen) atoms. The molecule has 0 spiro atoms. The summed E-state index contributed by atoms with van der Waals surface area (Å²) in [6, 6.07) is 6.19. The third-order valence-corrected chi connectivity index (χ3v) is 2.56. The van der Waals surface area contributed by atoms with Crippen LogP contribution in [0.2, 0.25) is 0 Å². The first kappa shape index (κ1) is 10.7. The monoisotopic (exact) mass is 216 g/mol. The van der Waals surface area contributed by atoms with Crippen molar-refractivity contribution < 1.29 is 4.74 Å². The number of imidazole rings is 1. The van der Waals surface area contributed by atoms with Gasteiger partial charge < -0.3 is 9.30 Å². The summed E-state index contributed by atoms with van der Waals surface area (Å²) in [5.74, 6) is 1.00. The fraction of sp³-hybridized carbons (Fsp3) is 0.308. The zero-order valence-electron chi connectivity index (χ0n) is 9.68. The number of nitrogens with zero attached hydrogens (tertiary/aromatic N) is 2. The van der Waals surface area contributed by atoms with Gasteiger partial charge in [0.15, 0.2) is 0 Å². The zero-order valence-corrected chi connectivity index (χ0v) is 9.68. The lowest BCUT2D eigenvalue weighted by Crippen LogP contribution is -2.07. The summed E-state index contributed by atoms with van der Waals surface area (Å²) < 4.78 is 7.80. The van der Waals surface area contributed by atoms with Gasteiger partial charge in [0.1, 0.15) is 12.4 Å². The standard InChI is InChI=1S/C13H16N2O/c1-11-4-3-5-12(2)13(11)16-9-8-15-7-6-14-10-15/h3-7,10H,8-9H2,1-2H3. The molecule has 0 amide bonds. The van der Waals surface area contributed by atoms with Crippen molar-refractivity contribution in [2.45, 2.75) is 20.4 Å². The van der Waals surface area contributed by atoms with E-state index in [0.29, 0.717) is 6.61 Å². The van der Waals surface area contributed by atoms with Gasteiger partial charge in [0.2, 0.25) is 0 Å². The molecule has 84 valence electrons. The second-order valence-electron chi connectivity index (χ2n) is 3.87. The third kappa shape index (κ3) is 2.42. The second kappa shape index (κ2) is 4.84. The summed E-state index contributed by atoms with van der Waals surface area (Å²) in [5, 5.41) is 0. The van der Waals surface area contributed by atoms with Gasteiger partial charge in [-0.15, -0.1) is 0 Å². The van der Waals surface area contributed by atoms with Crippen LogP contribution in [0.5, 0.6) is 5.75 Å². The minimum absolute atomic E-state index is 0.669. The van der Waals surface area contributed by atoms with E-state index in [2.05, 4.69) is 31.0 Å². The summed E-state index contributed by atoms with van der Waals surface area (Å²) in [4.78, 5) is 3.99. The van der Waals surface area contributed by atoms with Crippen LogP contribution in [0.1, 0.15) is 11.1 Å². The molecule has 0 bridgehead atoms. The van der Waals surface area contributed by atoms with Gasteiger partial charge in [0.05, 0.1) is 12.9 Å². The Hall–Kier alpha value is -1.77. The number of para-hydroxylation sites is 1. The van der Waals surface area contributed by atoms with Gasteiger partial charge in [-0.2, -0.15) is 0 Å². The number of hydrogen-bond donors (Lipinski definition) is 0. The van der Waals surface area contributed by atoms with E-state index in [1.54, 1.807) is 12.5 Å². The van der Waals surface area contributed by atoms with E-state index in [-0.39, 0.29) is 0 Å². The molecule has 1 heterocycles. The summed E-state index contributed by atoms with van der Waals surface area (Å²) in [5.41, 5.74) is 2.37. The quantitative estimate of drug-likeness (QED) is 0.785. The van der Waals surface area contributed by atoms with Crippen LogP contribution in [0.15, 0.2) is 36.9 Å². The van der Waals surface area contributed by atoms with Crippen LogP contribution in [0.3, 0.4) is 0 Å². The molecule has 3 nitrogen and oxygen atoms in total. The van der Waals surface area contributed by atoms with Gasteiger partial charge in [-0.1, -0.05) is 18.2 Å². The Labute approximate surface area is 95.7 Å². The largest absolute Gasteiger partial charge is 0.491 e. The fourth-order valence-corrected chi connectivity index (χ4v) is 1.70. The van der Waals surface area contributed by atoms with Gasteiger partial charge in [-0.05, 0) is 25.0 Å². The number of aryl methyl sites for hydroxylation is 2. The maximum absolute atomic E-state index is 5.79. The summed E-state index contributed by atoms with van der Waals surface area (Å²) in [6.45, 7) is 5.63. The molecule has 0 aliphatic carbocycles. The second-order valence-corrected chi connectivity index (χ2v) is 3.87. The van der Waals surface area contributed by atoms with Gasteiger partial charge in [0.25, 0.3) is 0 Å². The van der Waals surface area contributed by atoms with Crippen LogP contribution >= 0.6 is 0 Å². The van der Waals surface area contributed by atoms with Gasteiger partial charge in [-0.3, -0.25) is 0 Å². The molecule has 1 aromatic carbocycles. The molecule has 0 saturated heterocycles. The Bertz CT molecular complexity index is 429. The molecule has 0 aliphatic heterocycles. The molecule has 2 rings (SSSR count). The number of ether oxygens (including phenoxy) is 1. The predicted molar refractivity (Wildman–Crippen MR) is 63.6 cm³/mol. The van der Waals surface area contributed by atoms with E-state index in [9.17, 15) is 0 Å². The highest BCUT2D eigenvalue weighted by Gasteiger charge is 2.02. The molecule has 0 unspecified atom stereocenters. The van der Waals surface area contributed by atoms with E-state index in [1.165, 1.54) is 11.1 Å². The molecule has 0 radical (unpaired) electrons. The van der Waals surface area contributed by atoms with Crippen LogP contribution in [0.4, 0.5) is 0 Å². The lowest BCUT2D eigenvalue weighted by molar-refractivity contribution is 0.294. The van der Waals surface area contributed by atoms with Crippen molar-refractivity contribution in [3.05, 3.63) is 48.0 Å². The Morgan fingerprint density at radius 2 is 2.00 bits per heavy atom. The third-order valence-electron chi connectivity index (χ3n) is 2.56. The minimum Gasteiger partial charge on any atom is -0.491 e.